The van der Waals surface area contributed by atoms with E-state index in [9.17, 15) is 30.1 Å². The summed E-state index contributed by atoms with van der Waals surface area (Å²) in [4.78, 5) is 39.0. The van der Waals surface area contributed by atoms with E-state index < -0.39 is 26.8 Å². The molecule has 1 heterocycles. The molecule has 0 aliphatic rings. The van der Waals surface area contributed by atoms with Gasteiger partial charge in [-0.15, -0.1) is 0 Å². The third kappa shape index (κ3) is 3.43. The zero-order valence-electron chi connectivity index (χ0n) is 14.8. The Labute approximate surface area is 157 Å². The Morgan fingerprint density at radius 3 is 2.39 bits per heavy atom. The van der Waals surface area contributed by atoms with E-state index in [0.29, 0.717) is 5.56 Å². The molecule has 0 spiro atoms. The number of H-pyrrole nitrogens is 1. The van der Waals surface area contributed by atoms with E-state index in [1.165, 1.54) is 0 Å². The van der Waals surface area contributed by atoms with Gasteiger partial charge in [-0.2, -0.15) is 0 Å². The lowest BCUT2D eigenvalue weighted by molar-refractivity contribution is -0.422. The molecule has 3 aromatic rings. The largest absolute Gasteiger partial charge is 0.507 e. The van der Waals surface area contributed by atoms with E-state index in [0.717, 1.165) is 29.3 Å². The maximum Gasteiger partial charge on any atom is 0.348 e. The second-order valence-corrected chi connectivity index (χ2v) is 6.17. The van der Waals surface area contributed by atoms with Crippen molar-refractivity contribution in [2.75, 3.05) is 0 Å². The van der Waals surface area contributed by atoms with Crippen molar-refractivity contribution in [3.05, 3.63) is 83.3 Å². The van der Waals surface area contributed by atoms with Crippen molar-refractivity contribution in [3.63, 3.8) is 0 Å². The second kappa shape index (κ2) is 6.91. The summed E-state index contributed by atoms with van der Waals surface area (Å²) in [7, 11) is 0. The zero-order chi connectivity index (χ0) is 20.6. The van der Waals surface area contributed by atoms with Gasteiger partial charge in [-0.25, -0.2) is 4.98 Å². The van der Waals surface area contributed by atoms with Crippen molar-refractivity contribution in [1.29, 1.82) is 0 Å². The van der Waals surface area contributed by atoms with Crippen LogP contribution in [0.1, 0.15) is 22.4 Å². The molecule has 142 valence electrons. The van der Waals surface area contributed by atoms with Gasteiger partial charge in [0.25, 0.3) is 5.56 Å². The van der Waals surface area contributed by atoms with E-state index in [1.54, 1.807) is 13.0 Å². The number of aromatic nitrogens is 2. The number of nitro groups is 2. The molecule has 0 fully saturated rings. The number of fused-ring (bicyclic) bond motifs is 1. The Kier molecular flexibility index (Phi) is 4.62. The summed E-state index contributed by atoms with van der Waals surface area (Å²) in [5.74, 6) is -0.199. The summed E-state index contributed by atoms with van der Waals surface area (Å²) < 4.78 is 0. The molecule has 0 bridgehead atoms. The average molecular weight is 382 g/mol. The van der Waals surface area contributed by atoms with E-state index in [1.807, 2.05) is 19.1 Å². The lowest BCUT2D eigenvalue weighted by Gasteiger charge is -2.06. The molecule has 10 heteroatoms. The molecule has 2 N–H and O–H groups in total. The Balaban J connectivity index is 2.20. The lowest BCUT2D eigenvalue weighted by atomic mass is 10.0. The molecule has 0 amide bonds. The summed E-state index contributed by atoms with van der Waals surface area (Å²) in [6, 6.07) is 7.23. The molecule has 0 saturated carbocycles. The van der Waals surface area contributed by atoms with Gasteiger partial charge in [-0.3, -0.25) is 25.0 Å². The van der Waals surface area contributed by atoms with Crippen LogP contribution in [0.4, 0.5) is 11.4 Å². The molecule has 2 aromatic carbocycles. The number of rotatable bonds is 4. The van der Waals surface area contributed by atoms with Crippen LogP contribution in [0.15, 0.2) is 35.1 Å². The molecule has 0 unspecified atom stereocenters. The van der Waals surface area contributed by atoms with E-state index in [4.69, 9.17) is 0 Å². The number of benzene rings is 2. The summed E-state index contributed by atoms with van der Waals surface area (Å²) in [6.07, 6.45) is 1.15. The second-order valence-electron chi connectivity index (χ2n) is 6.17. The van der Waals surface area contributed by atoms with Crippen molar-refractivity contribution in [1.82, 2.24) is 9.97 Å². The van der Waals surface area contributed by atoms with Crippen LogP contribution in [0.5, 0.6) is 0 Å². The topological polar surface area (TPSA) is 152 Å². The van der Waals surface area contributed by atoms with Gasteiger partial charge in [0.2, 0.25) is 0 Å². The highest BCUT2D eigenvalue weighted by Gasteiger charge is 2.26. The molecular formula is C18H14N4O6. The highest BCUT2D eigenvalue weighted by Crippen LogP contribution is 2.30. The molecule has 3 rings (SSSR count). The summed E-state index contributed by atoms with van der Waals surface area (Å²) in [5.41, 5.74) is -0.228. The van der Waals surface area contributed by atoms with Crippen molar-refractivity contribution < 1.29 is 15.0 Å². The van der Waals surface area contributed by atoms with Gasteiger partial charge in [0, 0.05) is 17.7 Å². The van der Waals surface area contributed by atoms with Crippen LogP contribution in [0.3, 0.4) is 0 Å². The number of aromatic amines is 1. The molecule has 0 aliphatic carbocycles. The highest BCUT2D eigenvalue weighted by atomic mass is 16.6. The minimum absolute atomic E-state index is 0.0167. The highest BCUT2D eigenvalue weighted by molar-refractivity contribution is 5.84. The van der Waals surface area contributed by atoms with Crippen LogP contribution in [-0.2, 0) is 0 Å². The minimum atomic E-state index is -0.907. The number of nitrogens with one attached hydrogen (secondary N) is 1. The lowest BCUT2D eigenvalue weighted by Crippen LogP contribution is -2.12. The zero-order valence-corrected chi connectivity index (χ0v) is 14.8. The number of nitro benzene ring substituents is 2. The predicted molar refractivity (Wildman–Crippen MR) is 102 cm³/mol. The van der Waals surface area contributed by atoms with Crippen LogP contribution in [0, 0.1) is 34.1 Å². The number of hydrogen-bond acceptors (Lipinski definition) is 7. The quantitative estimate of drug-likeness (QED) is 0.398. The van der Waals surface area contributed by atoms with Crippen LogP contribution in [-0.4, -0.2) is 24.9 Å². The molecular weight excluding hydrogens is 368 g/mol. The van der Waals surface area contributed by atoms with Crippen LogP contribution < -0.4 is 5.56 Å². The molecule has 0 radical (unpaired) electrons. The Morgan fingerprint density at radius 1 is 1.11 bits per heavy atom. The molecule has 28 heavy (non-hydrogen) atoms. The van der Waals surface area contributed by atoms with Crippen molar-refractivity contribution >= 4 is 34.2 Å². The summed E-state index contributed by atoms with van der Waals surface area (Å²) >= 11 is 0. The monoisotopic (exact) mass is 382 g/mol. The number of aryl methyl sites for hydroxylation is 2. The standard InChI is InChI=1S/C18H14N4O6/c1-9-3-4-10(2)11(5-9)17(23)8-14-18(24)20-13-7-16(22(27)28)15(21(25)26)6-12(13)19-14/h3-8,23H,1-2H3,(H,20,24). The maximum atomic E-state index is 12.3. The number of aliphatic hydroxyl groups is 1. The molecule has 1 aromatic heterocycles. The first-order valence-corrected chi connectivity index (χ1v) is 8.02. The minimum Gasteiger partial charge on any atom is -0.507 e. The van der Waals surface area contributed by atoms with E-state index in [-0.39, 0.29) is 22.5 Å². The third-order valence-corrected chi connectivity index (χ3v) is 4.15. The van der Waals surface area contributed by atoms with Crippen molar-refractivity contribution in [3.8, 4) is 0 Å². The van der Waals surface area contributed by atoms with E-state index in [2.05, 4.69) is 9.97 Å². The fraction of sp³-hybridized carbons (Fsp3) is 0.111. The third-order valence-electron chi connectivity index (χ3n) is 4.15. The van der Waals surface area contributed by atoms with Gasteiger partial charge in [0.05, 0.1) is 26.9 Å². The Bertz CT molecular complexity index is 1230. The first-order valence-electron chi connectivity index (χ1n) is 8.02. The van der Waals surface area contributed by atoms with Gasteiger partial charge in [0.15, 0.2) is 0 Å². The van der Waals surface area contributed by atoms with Gasteiger partial charge in [-0.1, -0.05) is 17.7 Å². The summed E-state index contributed by atoms with van der Waals surface area (Å²) in [5, 5.41) is 32.5. The number of hydrogen-bond donors (Lipinski definition) is 2. The molecule has 0 saturated heterocycles. The molecule has 0 atom stereocenters. The van der Waals surface area contributed by atoms with E-state index >= 15 is 0 Å². The Hall–Kier alpha value is -4.08. The summed E-state index contributed by atoms with van der Waals surface area (Å²) in [6.45, 7) is 3.64. The predicted octanol–water partition coefficient (Wildman–Crippen LogP) is 3.41. The molecule has 10 nitrogen and oxygen atoms in total. The molecule has 0 aliphatic heterocycles. The first kappa shape index (κ1) is 18.7. The van der Waals surface area contributed by atoms with Gasteiger partial charge in [0.1, 0.15) is 11.5 Å². The first-order chi connectivity index (χ1) is 13.2. The van der Waals surface area contributed by atoms with Crippen LogP contribution in [0.2, 0.25) is 0 Å². The smallest absolute Gasteiger partial charge is 0.348 e. The van der Waals surface area contributed by atoms with Crippen LogP contribution in [0.25, 0.3) is 22.9 Å². The normalized spacial score (nSPS) is 11.6. The van der Waals surface area contributed by atoms with Gasteiger partial charge < -0.3 is 10.1 Å². The maximum absolute atomic E-state index is 12.3. The van der Waals surface area contributed by atoms with Crippen LogP contribution >= 0.6 is 0 Å². The van der Waals surface area contributed by atoms with Crippen molar-refractivity contribution in [2.45, 2.75) is 13.8 Å². The van der Waals surface area contributed by atoms with Crippen molar-refractivity contribution in [2.24, 2.45) is 0 Å². The number of aliphatic hydroxyl groups excluding tert-OH is 1. The Morgan fingerprint density at radius 2 is 1.75 bits per heavy atom. The van der Waals surface area contributed by atoms with Gasteiger partial charge in [-0.05, 0) is 25.5 Å². The SMILES string of the molecule is Cc1ccc(C)c(C(O)=Cc2nc3cc([N+](=O)[O-])c([N+](=O)[O-])cc3[nH]c2=O)c1. The number of nitrogens with zero attached hydrogens (tertiary/aromatic N) is 3. The van der Waals surface area contributed by atoms with Gasteiger partial charge >= 0.3 is 11.4 Å². The fourth-order valence-electron chi connectivity index (χ4n) is 2.73. The fourth-order valence-corrected chi connectivity index (χ4v) is 2.73. The average Bonchev–Trinajstić information content (AvgIpc) is 2.63.